The Hall–Kier alpha value is -1.79. The van der Waals surface area contributed by atoms with E-state index in [9.17, 15) is 0 Å². The van der Waals surface area contributed by atoms with Gasteiger partial charge in [0.25, 0.3) is 0 Å². The quantitative estimate of drug-likeness (QED) is 0.614. The molecule has 0 spiro atoms. The highest BCUT2D eigenvalue weighted by Crippen LogP contribution is 2.16. The first kappa shape index (κ1) is 13.6. The summed E-state index contributed by atoms with van der Waals surface area (Å²) in [6, 6.07) is 2.04. The molecule has 2 aromatic heterocycles. The molecule has 0 aliphatic rings. The van der Waals surface area contributed by atoms with Crippen LogP contribution in [0.5, 0.6) is 0 Å². The average molecular weight is 260 g/mol. The van der Waals surface area contributed by atoms with Crippen LogP contribution >= 0.6 is 0 Å². The van der Waals surface area contributed by atoms with E-state index in [1.807, 2.05) is 18.7 Å². The Labute approximate surface area is 113 Å². The average Bonchev–Trinajstić information content (AvgIpc) is 2.78. The first-order valence-corrected chi connectivity index (χ1v) is 6.40. The van der Waals surface area contributed by atoms with Gasteiger partial charge in [0.2, 0.25) is 0 Å². The number of hydrogen-bond acceptors (Lipinski definition) is 5. The standard InChI is InChI=1S/C13H20N6/c1-4-10-5-11(19(3)18-10)6-12(17-14)13-8-15-9(2)7-16-13/h5,7-8,12,17H,4,6,14H2,1-3H3. The normalized spacial score (nSPS) is 12.6. The van der Waals surface area contributed by atoms with E-state index in [0.717, 1.165) is 35.6 Å². The Kier molecular flexibility index (Phi) is 4.24. The smallest absolute Gasteiger partial charge is 0.0773 e. The summed E-state index contributed by atoms with van der Waals surface area (Å²) in [5.74, 6) is 5.63. The number of nitrogens with one attached hydrogen (secondary N) is 1. The summed E-state index contributed by atoms with van der Waals surface area (Å²) in [5, 5.41) is 4.44. The lowest BCUT2D eigenvalue weighted by Gasteiger charge is -2.15. The van der Waals surface area contributed by atoms with Crippen molar-refractivity contribution in [1.29, 1.82) is 0 Å². The lowest BCUT2D eigenvalue weighted by atomic mass is 10.1. The molecule has 1 atom stereocenters. The molecule has 19 heavy (non-hydrogen) atoms. The molecule has 0 saturated carbocycles. The van der Waals surface area contributed by atoms with Crippen LogP contribution in [0.2, 0.25) is 0 Å². The Bertz CT molecular complexity index is 531. The van der Waals surface area contributed by atoms with Crippen LogP contribution in [-0.4, -0.2) is 19.7 Å². The highest BCUT2D eigenvalue weighted by Gasteiger charge is 2.15. The molecule has 2 aromatic rings. The fourth-order valence-corrected chi connectivity index (χ4v) is 1.98. The number of rotatable bonds is 5. The molecule has 0 aromatic carbocycles. The van der Waals surface area contributed by atoms with Crippen molar-refractivity contribution < 1.29 is 0 Å². The van der Waals surface area contributed by atoms with Gasteiger partial charge in [-0.3, -0.25) is 25.9 Å². The number of aryl methyl sites for hydroxylation is 3. The third-order valence-corrected chi connectivity index (χ3v) is 3.16. The minimum atomic E-state index is -0.0618. The van der Waals surface area contributed by atoms with E-state index < -0.39 is 0 Å². The Morgan fingerprint density at radius 1 is 1.37 bits per heavy atom. The molecule has 6 heteroatoms. The van der Waals surface area contributed by atoms with Gasteiger partial charge < -0.3 is 0 Å². The fraction of sp³-hybridized carbons (Fsp3) is 0.462. The van der Waals surface area contributed by atoms with E-state index in [2.05, 4.69) is 33.5 Å². The van der Waals surface area contributed by atoms with E-state index in [1.165, 1.54) is 0 Å². The molecule has 0 saturated heterocycles. The van der Waals surface area contributed by atoms with Gasteiger partial charge in [0.15, 0.2) is 0 Å². The van der Waals surface area contributed by atoms with Crippen LogP contribution in [0.15, 0.2) is 18.5 Å². The minimum Gasteiger partial charge on any atom is -0.272 e. The van der Waals surface area contributed by atoms with Crippen molar-refractivity contribution in [3.8, 4) is 0 Å². The van der Waals surface area contributed by atoms with E-state index in [4.69, 9.17) is 5.84 Å². The van der Waals surface area contributed by atoms with Crippen molar-refractivity contribution in [3.63, 3.8) is 0 Å². The van der Waals surface area contributed by atoms with Crippen LogP contribution in [0.25, 0.3) is 0 Å². The second-order valence-electron chi connectivity index (χ2n) is 4.61. The topological polar surface area (TPSA) is 81.6 Å². The molecule has 1 unspecified atom stereocenters. The van der Waals surface area contributed by atoms with Crippen molar-refractivity contribution in [1.82, 2.24) is 25.2 Å². The molecule has 102 valence electrons. The first-order valence-electron chi connectivity index (χ1n) is 6.40. The van der Waals surface area contributed by atoms with Gasteiger partial charge in [-0.15, -0.1) is 0 Å². The van der Waals surface area contributed by atoms with Crippen molar-refractivity contribution in [2.24, 2.45) is 12.9 Å². The maximum absolute atomic E-state index is 5.63. The fourth-order valence-electron chi connectivity index (χ4n) is 1.98. The second kappa shape index (κ2) is 5.90. The highest BCUT2D eigenvalue weighted by molar-refractivity contribution is 5.15. The zero-order valence-corrected chi connectivity index (χ0v) is 11.6. The number of nitrogens with zero attached hydrogens (tertiary/aromatic N) is 4. The summed E-state index contributed by atoms with van der Waals surface area (Å²) in [7, 11) is 1.95. The Balaban J connectivity index is 2.18. The molecule has 0 aliphatic heterocycles. The molecule has 0 bridgehead atoms. The van der Waals surface area contributed by atoms with Crippen LogP contribution in [0.3, 0.4) is 0 Å². The SMILES string of the molecule is CCc1cc(CC(NN)c2cnc(C)cn2)n(C)n1. The van der Waals surface area contributed by atoms with Gasteiger partial charge >= 0.3 is 0 Å². The predicted molar refractivity (Wildman–Crippen MR) is 73.1 cm³/mol. The van der Waals surface area contributed by atoms with Crippen LogP contribution in [0.4, 0.5) is 0 Å². The number of hydrogen-bond donors (Lipinski definition) is 2. The molecule has 0 radical (unpaired) electrons. The van der Waals surface area contributed by atoms with Crippen molar-refractivity contribution in [2.75, 3.05) is 0 Å². The molecular weight excluding hydrogens is 240 g/mol. The van der Waals surface area contributed by atoms with Crippen LogP contribution < -0.4 is 11.3 Å². The summed E-state index contributed by atoms with van der Waals surface area (Å²) in [4.78, 5) is 8.62. The molecule has 3 N–H and O–H groups in total. The zero-order chi connectivity index (χ0) is 13.8. The van der Waals surface area contributed by atoms with Gasteiger partial charge in [0.05, 0.1) is 29.3 Å². The number of nitrogens with two attached hydrogens (primary N) is 1. The first-order chi connectivity index (χ1) is 9.13. The summed E-state index contributed by atoms with van der Waals surface area (Å²) >= 11 is 0. The van der Waals surface area contributed by atoms with Gasteiger partial charge in [0, 0.05) is 25.4 Å². The van der Waals surface area contributed by atoms with Gasteiger partial charge in [-0.1, -0.05) is 6.92 Å². The molecule has 6 nitrogen and oxygen atoms in total. The van der Waals surface area contributed by atoms with Crippen molar-refractivity contribution in [2.45, 2.75) is 32.7 Å². The van der Waals surface area contributed by atoms with Crippen LogP contribution in [-0.2, 0) is 19.9 Å². The summed E-state index contributed by atoms with van der Waals surface area (Å²) in [6.45, 7) is 4.01. The van der Waals surface area contributed by atoms with Crippen LogP contribution in [0.1, 0.15) is 35.7 Å². The van der Waals surface area contributed by atoms with Gasteiger partial charge in [-0.05, 0) is 19.4 Å². The highest BCUT2D eigenvalue weighted by atomic mass is 15.3. The van der Waals surface area contributed by atoms with Crippen LogP contribution in [0, 0.1) is 6.92 Å². The third-order valence-electron chi connectivity index (χ3n) is 3.16. The van der Waals surface area contributed by atoms with Crippen molar-refractivity contribution >= 4 is 0 Å². The molecule has 2 rings (SSSR count). The lowest BCUT2D eigenvalue weighted by molar-refractivity contribution is 0.516. The molecular formula is C13H20N6. The maximum Gasteiger partial charge on any atom is 0.0773 e. The van der Waals surface area contributed by atoms with Gasteiger partial charge in [0.1, 0.15) is 0 Å². The second-order valence-corrected chi connectivity index (χ2v) is 4.61. The van der Waals surface area contributed by atoms with E-state index in [-0.39, 0.29) is 6.04 Å². The summed E-state index contributed by atoms with van der Waals surface area (Å²) in [5.41, 5.74) is 6.75. The monoisotopic (exact) mass is 260 g/mol. The lowest BCUT2D eigenvalue weighted by Crippen LogP contribution is -2.31. The number of aromatic nitrogens is 4. The molecule has 0 amide bonds. The van der Waals surface area contributed by atoms with E-state index in [1.54, 1.807) is 12.4 Å². The Morgan fingerprint density at radius 2 is 2.16 bits per heavy atom. The van der Waals surface area contributed by atoms with Gasteiger partial charge in [-0.25, -0.2) is 0 Å². The molecule has 2 heterocycles. The molecule has 0 fully saturated rings. The largest absolute Gasteiger partial charge is 0.272 e. The van der Waals surface area contributed by atoms with E-state index >= 15 is 0 Å². The predicted octanol–water partition coefficient (Wildman–Crippen LogP) is 0.828. The van der Waals surface area contributed by atoms with Crippen molar-refractivity contribution in [3.05, 3.63) is 41.2 Å². The Morgan fingerprint density at radius 3 is 2.68 bits per heavy atom. The zero-order valence-electron chi connectivity index (χ0n) is 11.6. The third kappa shape index (κ3) is 3.15. The number of hydrazine groups is 1. The van der Waals surface area contributed by atoms with E-state index in [0.29, 0.717) is 0 Å². The summed E-state index contributed by atoms with van der Waals surface area (Å²) in [6.07, 6.45) is 5.17. The maximum atomic E-state index is 5.63. The molecule has 0 aliphatic carbocycles. The minimum absolute atomic E-state index is 0.0618. The summed E-state index contributed by atoms with van der Waals surface area (Å²) < 4.78 is 1.89. The van der Waals surface area contributed by atoms with Gasteiger partial charge in [-0.2, -0.15) is 5.10 Å².